The fourth-order valence-electron chi connectivity index (χ4n) is 2.08. The van der Waals surface area contributed by atoms with Crippen molar-refractivity contribution in [2.24, 2.45) is 5.73 Å². The van der Waals surface area contributed by atoms with E-state index in [2.05, 4.69) is 29.8 Å². The highest BCUT2D eigenvalue weighted by molar-refractivity contribution is 5.47. The molecule has 1 atom stereocenters. The zero-order valence-corrected chi connectivity index (χ0v) is 9.94. The summed E-state index contributed by atoms with van der Waals surface area (Å²) in [4.78, 5) is 6.78. The molecule has 1 aromatic heterocycles. The van der Waals surface area contributed by atoms with Crippen LogP contribution in [0.1, 0.15) is 18.1 Å². The minimum Gasteiger partial charge on any atom is -0.375 e. The Balaban J connectivity index is 2.19. The molecule has 2 heterocycles. The minimum absolute atomic E-state index is 0.282. The number of hydrogen-bond acceptors (Lipinski definition) is 4. The molecule has 88 valence electrons. The summed E-state index contributed by atoms with van der Waals surface area (Å²) in [5, 5.41) is 0. The van der Waals surface area contributed by atoms with Gasteiger partial charge in [-0.3, -0.25) is 0 Å². The number of rotatable bonds is 2. The van der Waals surface area contributed by atoms with Crippen LogP contribution in [0.5, 0.6) is 0 Å². The second-order valence-electron chi connectivity index (χ2n) is 4.32. The predicted molar refractivity (Wildman–Crippen MR) is 64.5 cm³/mol. The maximum absolute atomic E-state index is 5.60. The standard InChI is InChI=1S/C12H19N3O/c1-9-5-11(6-13)7-14-12(9)15-3-4-16-10(2)8-15/h5,7,10H,3-4,6,8,13H2,1-2H3. The van der Waals surface area contributed by atoms with Gasteiger partial charge in [0.15, 0.2) is 0 Å². The van der Waals surface area contributed by atoms with Crippen LogP contribution in [0.15, 0.2) is 12.3 Å². The van der Waals surface area contributed by atoms with Gasteiger partial charge in [0.2, 0.25) is 0 Å². The lowest BCUT2D eigenvalue weighted by atomic mass is 10.2. The number of ether oxygens (including phenoxy) is 1. The Labute approximate surface area is 96.4 Å². The molecule has 0 radical (unpaired) electrons. The Kier molecular flexibility index (Phi) is 3.41. The van der Waals surface area contributed by atoms with Gasteiger partial charge in [0.1, 0.15) is 5.82 Å². The normalized spacial score (nSPS) is 21.2. The van der Waals surface area contributed by atoms with E-state index in [1.54, 1.807) is 0 Å². The van der Waals surface area contributed by atoms with Crippen LogP contribution in [0.4, 0.5) is 5.82 Å². The van der Waals surface area contributed by atoms with Gasteiger partial charge in [0.05, 0.1) is 12.7 Å². The van der Waals surface area contributed by atoms with Crippen LogP contribution >= 0.6 is 0 Å². The lowest BCUT2D eigenvalue weighted by Crippen LogP contribution is -2.41. The number of morpholine rings is 1. The second kappa shape index (κ2) is 4.80. The van der Waals surface area contributed by atoms with Crippen LogP contribution in [0, 0.1) is 6.92 Å². The first kappa shape index (κ1) is 11.4. The summed E-state index contributed by atoms with van der Waals surface area (Å²) in [7, 11) is 0. The maximum atomic E-state index is 5.60. The van der Waals surface area contributed by atoms with Crippen LogP contribution in [-0.2, 0) is 11.3 Å². The number of pyridine rings is 1. The lowest BCUT2D eigenvalue weighted by Gasteiger charge is -2.33. The molecule has 2 rings (SSSR count). The van der Waals surface area contributed by atoms with E-state index in [1.807, 2.05) is 6.20 Å². The molecule has 2 N–H and O–H groups in total. The van der Waals surface area contributed by atoms with E-state index in [4.69, 9.17) is 10.5 Å². The number of aryl methyl sites for hydroxylation is 1. The summed E-state index contributed by atoms with van der Waals surface area (Å²) in [6.45, 7) is 7.34. The molecule has 0 aromatic carbocycles. The van der Waals surface area contributed by atoms with Gasteiger partial charge in [-0.2, -0.15) is 0 Å². The summed E-state index contributed by atoms with van der Waals surface area (Å²) in [6, 6.07) is 2.11. The van der Waals surface area contributed by atoms with Gasteiger partial charge < -0.3 is 15.4 Å². The van der Waals surface area contributed by atoms with Crippen molar-refractivity contribution in [2.75, 3.05) is 24.6 Å². The molecule has 0 saturated carbocycles. The van der Waals surface area contributed by atoms with Crippen molar-refractivity contribution in [3.05, 3.63) is 23.4 Å². The highest BCUT2D eigenvalue weighted by Gasteiger charge is 2.19. The Morgan fingerprint density at radius 3 is 3.06 bits per heavy atom. The Morgan fingerprint density at radius 2 is 2.44 bits per heavy atom. The Bertz CT molecular complexity index is 367. The quantitative estimate of drug-likeness (QED) is 0.811. The molecule has 1 aromatic rings. The van der Waals surface area contributed by atoms with E-state index in [9.17, 15) is 0 Å². The third-order valence-corrected chi connectivity index (χ3v) is 2.88. The molecule has 1 fully saturated rings. The second-order valence-corrected chi connectivity index (χ2v) is 4.32. The molecule has 1 aliphatic heterocycles. The molecule has 1 aliphatic rings. The van der Waals surface area contributed by atoms with Crippen molar-refractivity contribution in [1.29, 1.82) is 0 Å². The molecule has 0 spiro atoms. The first-order valence-corrected chi connectivity index (χ1v) is 5.73. The summed E-state index contributed by atoms with van der Waals surface area (Å²) < 4.78 is 5.52. The molecule has 0 bridgehead atoms. The summed E-state index contributed by atoms with van der Waals surface area (Å²) in [5.41, 5.74) is 7.87. The molecule has 16 heavy (non-hydrogen) atoms. The van der Waals surface area contributed by atoms with Gasteiger partial charge in [-0.05, 0) is 31.0 Å². The largest absolute Gasteiger partial charge is 0.375 e. The summed E-state index contributed by atoms with van der Waals surface area (Å²) in [5.74, 6) is 1.06. The van der Waals surface area contributed by atoms with Crippen LogP contribution < -0.4 is 10.6 Å². The van der Waals surface area contributed by atoms with Gasteiger partial charge >= 0.3 is 0 Å². The van der Waals surface area contributed by atoms with Gasteiger partial charge in [-0.25, -0.2) is 4.98 Å². The molecule has 1 saturated heterocycles. The zero-order chi connectivity index (χ0) is 11.5. The molecule has 4 heteroatoms. The summed E-state index contributed by atoms with van der Waals surface area (Å²) in [6.07, 6.45) is 2.15. The van der Waals surface area contributed by atoms with Crippen LogP contribution in [0.25, 0.3) is 0 Å². The van der Waals surface area contributed by atoms with E-state index in [0.29, 0.717) is 6.54 Å². The first-order chi connectivity index (χ1) is 7.70. The van der Waals surface area contributed by atoms with Gasteiger partial charge in [-0.1, -0.05) is 0 Å². The van der Waals surface area contributed by atoms with Crippen LogP contribution in [0.2, 0.25) is 0 Å². The van der Waals surface area contributed by atoms with Crippen LogP contribution in [0.3, 0.4) is 0 Å². The fraction of sp³-hybridized carbons (Fsp3) is 0.583. The predicted octanol–water partition coefficient (Wildman–Crippen LogP) is 1.07. The minimum atomic E-state index is 0.282. The summed E-state index contributed by atoms with van der Waals surface area (Å²) >= 11 is 0. The molecule has 0 aliphatic carbocycles. The molecular weight excluding hydrogens is 202 g/mol. The van der Waals surface area contributed by atoms with Crippen molar-refractivity contribution >= 4 is 5.82 Å². The van der Waals surface area contributed by atoms with Crippen molar-refractivity contribution in [3.8, 4) is 0 Å². The van der Waals surface area contributed by atoms with Crippen molar-refractivity contribution < 1.29 is 4.74 Å². The maximum Gasteiger partial charge on any atom is 0.131 e. The molecule has 1 unspecified atom stereocenters. The van der Waals surface area contributed by atoms with E-state index < -0.39 is 0 Å². The highest BCUT2D eigenvalue weighted by Crippen LogP contribution is 2.20. The van der Waals surface area contributed by atoms with E-state index in [0.717, 1.165) is 31.1 Å². The number of aromatic nitrogens is 1. The number of nitrogens with zero attached hydrogens (tertiary/aromatic N) is 2. The van der Waals surface area contributed by atoms with Gasteiger partial charge in [0, 0.05) is 25.8 Å². The van der Waals surface area contributed by atoms with E-state index >= 15 is 0 Å². The lowest BCUT2D eigenvalue weighted by molar-refractivity contribution is 0.0529. The smallest absolute Gasteiger partial charge is 0.131 e. The van der Waals surface area contributed by atoms with Crippen molar-refractivity contribution in [2.45, 2.75) is 26.5 Å². The van der Waals surface area contributed by atoms with E-state index in [-0.39, 0.29) is 6.10 Å². The topological polar surface area (TPSA) is 51.4 Å². The highest BCUT2D eigenvalue weighted by atomic mass is 16.5. The molecule has 0 amide bonds. The van der Waals surface area contributed by atoms with Gasteiger partial charge in [-0.15, -0.1) is 0 Å². The Morgan fingerprint density at radius 1 is 1.62 bits per heavy atom. The zero-order valence-electron chi connectivity index (χ0n) is 9.94. The third-order valence-electron chi connectivity index (χ3n) is 2.88. The molecule has 4 nitrogen and oxygen atoms in total. The van der Waals surface area contributed by atoms with E-state index in [1.165, 1.54) is 5.56 Å². The monoisotopic (exact) mass is 221 g/mol. The molecular formula is C12H19N3O. The number of nitrogens with two attached hydrogens (primary N) is 1. The van der Waals surface area contributed by atoms with Crippen LogP contribution in [-0.4, -0.2) is 30.8 Å². The number of hydrogen-bond donors (Lipinski definition) is 1. The van der Waals surface area contributed by atoms with Crippen molar-refractivity contribution in [3.63, 3.8) is 0 Å². The first-order valence-electron chi connectivity index (χ1n) is 5.73. The SMILES string of the molecule is Cc1cc(CN)cnc1N1CCOC(C)C1. The Hall–Kier alpha value is -1.13. The fourth-order valence-corrected chi connectivity index (χ4v) is 2.08. The third kappa shape index (κ3) is 2.33. The van der Waals surface area contributed by atoms with Gasteiger partial charge in [0.25, 0.3) is 0 Å². The number of anilines is 1. The average molecular weight is 221 g/mol. The van der Waals surface area contributed by atoms with Crippen molar-refractivity contribution in [1.82, 2.24) is 4.98 Å². The average Bonchev–Trinajstić information content (AvgIpc) is 2.28.